The molecule has 0 bridgehead atoms. The minimum absolute atomic E-state index is 0.00650. The zero-order valence-corrected chi connectivity index (χ0v) is 10.00. The third-order valence-electron chi connectivity index (χ3n) is 4.15. The molecule has 3 amide bonds. The number of amides is 3. The molecule has 1 spiro atoms. The highest BCUT2D eigenvalue weighted by molar-refractivity contribution is 5.79. The Morgan fingerprint density at radius 3 is 2.53 bits per heavy atom. The van der Waals surface area contributed by atoms with E-state index in [4.69, 9.17) is 0 Å². The summed E-state index contributed by atoms with van der Waals surface area (Å²) in [6, 6.07) is 0.497. The maximum atomic E-state index is 11.8. The lowest BCUT2D eigenvalue weighted by Crippen LogP contribution is -2.54. The predicted octanol–water partition coefficient (Wildman–Crippen LogP) is 0.603. The number of piperidine rings is 1. The number of carbonyl (C=O) groups excluding carboxylic acids is 2. The van der Waals surface area contributed by atoms with Crippen molar-refractivity contribution in [1.82, 2.24) is 15.5 Å². The lowest BCUT2D eigenvalue weighted by molar-refractivity contribution is -0.120. The first-order valence-corrected chi connectivity index (χ1v) is 6.53. The van der Waals surface area contributed by atoms with Crippen LogP contribution >= 0.6 is 0 Å². The summed E-state index contributed by atoms with van der Waals surface area (Å²) >= 11 is 0. The van der Waals surface area contributed by atoms with Crippen LogP contribution in [0.4, 0.5) is 4.79 Å². The fourth-order valence-corrected chi connectivity index (χ4v) is 2.78. The van der Waals surface area contributed by atoms with Gasteiger partial charge in [-0.3, -0.25) is 4.79 Å². The van der Waals surface area contributed by atoms with E-state index in [1.165, 1.54) is 0 Å². The molecular formula is C12H19N3O2. The summed E-state index contributed by atoms with van der Waals surface area (Å²) < 4.78 is 0. The van der Waals surface area contributed by atoms with Crippen molar-refractivity contribution in [3.8, 4) is 0 Å². The lowest BCUT2D eigenvalue weighted by atomic mass is 9.86. The van der Waals surface area contributed by atoms with Gasteiger partial charge in [-0.05, 0) is 32.1 Å². The normalized spacial score (nSPS) is 27.1. The Morgan fingerprint density at radius 1 is 1.29 bits per heavy atom. The van der Waals surface area contributed by atoms with Crippen LogP contribution < -0.4 is 10.6 Å². The van der Waals surface area contributed by atoms with Gasteiger partial charge in [-0.1, -0.05) is 0 Å². The van der Waals surface area contributed by atoms with Gasteiger partial charge >= 0.3 is 6.03 Å². The van der Waals surface area contributed by atoms with Crippen LogP contribution in [0.5, 0.6) is 0 Å². The summed E-state index contributed by atoms with van der Waals surface area (Å²) in [7, 11) is 0. The zero-order chi connectivity index (χ0) is 11.9. The molecular weight excluding hydrogens is 218 g/mol. The number of hydrogen-bond acceptors (Lipinski definition) is 2. The molecule has 5 nitrogen and oxygen atoms in total. The Balaban J connectivity index is 1.52. The Bertz CT molecular complexity index is 344. The van der Waals surface area contributed by atoms with Gasteiger partial charge in [-0.2, -0.15) is 0 Å². The van der Waals surface area contributed by atoms with E-state index in [1.54, 1.807) is 0 Å². The molecule has 0 aromatic rings. The van der Waals surface area contributed by atoms with Gasteiger partial charge in [0.25, 0.3) is 0 Å². The smallest absolute Gasteiger partial charge is 0.317 e. The van der Waals surface area contributed by atoms with Crippen molar-refractivity contribution < 1.29 is 9.59 Å². The third kappa shape index (κ3) is 2.23. The number of urea groups is 1. The molecule has 0 radical (unpaired) electrons. The van der Waals surface area contributed by atoms with E-state index in [9.17, 15) is 9.59 Å². The molecule has 2 N–H and O–H groups in total. The summed E-state index contributed by atoms with van der Waals surface area (Å²) in [4.78, 5) is 25.0. The molecule has 2 aliphatic heterocycles. The van der Waals surface area contributed by atoms with Gasteiger partial charge in [0.05, 0.1) is 0 Å². The number of nitrogens with zero attached hydrogens (tertiary/aromatic N) is 1. The van der Waals surface area contributed by atoms with Crippen LogP contribution in [0.2, 0.25) is 0 Å². The molecule has 0 unspecified atom stereocenters. The highest BCUT2D eigenvalue weighted by Crippen LogP contribution is 2.31. The van der Waals surface area contributed by atoms with Crippen molar-refractivity contribution in [3.05, 3.63) is 0 Å². The van der Waals surface area contributed by atoms with Gasteiger partial charge in [0.15, 0.2) is 0 Å². The number of carbonyl (C=O) groups is 2. The van der Waals surface area contributed by atoms with Crippen LogP contribution in [0.3, 0.4) is 0 Å². The van der Waals surface area contributed by atoms with Crippen LogP contribution in [0.15, 0.2) is 0 Å². The monoisotopic (exact) mass is 237 g/mol. The molecule has 0 aromatic heterocycles. The largest absolute Gasteiger partial charge is 0.351 e. The molecule has 0 atom stereocenters. The third-order valence-corrected chi connectivity index (χ3v) is 4.15. The second-order valence-electron chi connectivity index (χ2n) is 5.54. The summed E-state index contributed by atoms with van der Waals surface area (Å²) in [6.07, 6.45) is 5.63. The molecule has 3 fully saturated rings. The van der Waals surface area contributed by atoms with Crippen molar-refractivity contribution in [2.45, 2.75) is 50.1 Å². The average molecular weight is 237 g/mol. The van der Waals surface area contributed by atoms with Gasteiger partial charge in [0, 0.05) is 31.1 Å². The van der Waals surface area contributed by atoms with E-state index in [-0.39, 0.29) is 17.5 Å². The minimum Gasteiger partial charge on any atom is -0.351 e. The van der Waals surface area contributed by atoms with E-state index >= 15 is 0 Å². The van der Waals surface area contributed by atoms with Crippen LogP contribution in [-0.2, 0) is 4.79 Å². The number of likely N-dealkylation sites (tertiary alicyclic amines) is 1. The molecule has 0 aromatic carbocycles. The van der Waals surface area contributed by atoms with Crippen molar-refractivity contribution in [2.24, 2.45) is 0 Å². The molecule has 3 rings (SSSR count). The molecule has 94 valence electrons. The van der Waals surface area contributed by atoms with Crippen molar-refractivity contribution in [3.63, 3.8) is 0 Å². The first-order valence-electron chi connectivity index (χ1n) is 6.53. The maximum Gasteiger partial charge on any atom is 0.317 e. The van der Waals surface area contributed by atoms with Gasteiger partial charge in [-0.15, -0.1) is 0 Å². The number of nitrogens with one attached hydrogen (secondary N) is 2. The average Bonchev–Trinajstić information content (AvgIpc) is 3.05. The quantitative estimate of drug-likeness (QED) is 0.701. The molecule has 5 heteroatoms. The van der Waals surface area contributed by atoms with E-state index in [0.29, 0.717) is 12.5 Å². The summed E-state index contributed by atoms with van der Waals surface area (Å²) in [6.45, 7) is 1.53. The van der Waals surface area contributed by atoms with E-state index in [1.807, 2.05) is 4.90 Å². The molecule has 1 aliphatic carbocycles. The molecule has 3 aliphatic rings. The Morgan fingerprint density at radius 2 is 2.00 bits per heavy atom. The second-order valence-corrected chi connectivity index (χ2v) is 5.54. The molecule has 1 saturated carbocycles. The van der Waals surface area contributed by atoms with Crippen LogP contribution in [0.1, 0.15) is 38.5 Å². The summed E-state index contributed by atoms with van der Waals surface area (Å²) in [5.41, 5.74) is -0.00650. The number of rotatable bonds is 1. The van der Waals surface area contributed by atoms with Gasteiger partial charge < -0.3 is 15.5 Å². The van der Waals surface area contributed by atoms with Gasteiger partial charge in [-0.25, -0.2) is 4.79 Å². The summed E-state index contributed by atoms with van der Waals surface area (Å²) in [5, 5.41) is 6.10. The Labute approximate surface area is 101 Å². The first kappa shape index (κ1) is 10.9. The van der Waals surface area contributed by atoms with Crippen molar-refractivity contribution >= 4 is 11.9 Å². The van der Waals surface area contributed by atoms with Gasteiger partial charge in [0.1, 0.15) is 0 Å². The highest BCUT2D eigenvalue weighted by atomic mass is 16.2. The Kier molecular flexibility index (Phi) is 2.49. The lowest BCUT2D eigenvalue weighted by Gasteiger charge is -2.39. The highest BCUT2D eigenvalue weighted by Gasteiger charge is 2.41. The van der Waals surface area contributed by atoms with Crippen LogP contribution in [0.25, 0.3) is 0 Å². The first-order chi connectivity index (χ1) is 8.17. The molecule has 17 heavy (non-hydrogen) atoms. The fraction of sp³-hybridized carbons (Fsp3) is 0.833. The maximum absolute atomic E-state index is 11.8. The fourth-order valence-electron chi connectivity index (χ4n) is 2.78. The molecule has 2 saturated heterocycles. The zero-order valence-electron chi connectivity index (χ0n) is 10.00. The van der Waals surface area contributed by atoms with E-state index in [0.717, 1.165) is 45.2 Å². The van der Waals surface area contributed by atoms with Crippen molar-refractivity contribution in [1.29, 1.82) is 0 Å². The second kappa shape index (κ2) is 3.89. The molecule has 2 heterocycles. The minimum atomic E-state index is -0.00650. The Hall–Kier alpha value is -1.26. The van der Waals surface area contributed by atoms with E-state index in [2.05, 4.69) is 10.6 Å². The predicted molar refractivity (Wildman–Crippen MR) is 62.5 cm³/mol. The van der Waals surface area contributed by atoms with Crippen molar-refractivity contribution in [2.75, 3.05) is 13.1 Å². The summed E-state index contributed by atoms with van der Waals surface area (Å²) in [5.74, 6) is 0.167. The van der Waals surface area contributed by atoms with E-state index < -0.39 is 0 Å². The SMILES string of the molecule is O=C1CCC2(CCN(C(=O)NC3CC3)CC2)N1. The van der Waals surface area contributed by atoms with Crippen LogP contribution in [0, 0.1) is 0 Å². The topological polar surface area (TPSA) is 61.4 Å². The number of hydrogen-bond donors (Lipinski definition) is 2. The van der Waals surface area contributed by atoms with Gasteiger partial charge in [0.2, 0.25) is 5.91 Å². The van der Waals surface area contributed by atoms with Crippen LogP contribution in [-0.4, -0.2) is 41.5 Å². The standard InChI is InChI=1S/C12H19N3O2/c16-10-3-4-12(14-10)5-7-15(8-6-12)11(17)13-9-1-2-9/h9H,1-8H2,(H,13,17)(H,14,16).